The first-order valence-electron chi connectivity index (χ1n) is 7.25. The van der Waals surface area contributed by atoms with E-state index in [0.29, 0.717) is 27.8 Å². The van der Waals surface area contributed by atoms with Gasteiger partial charge >= 0.3 is 0 Å². The van der Waals surface area contributed by atoms with E-state index in [-0.39, 0.29) is 5.82 Å². The van der Waals surface area contributed by atoms with Crippen molar-refractivity contribution in [1.29, 1.82) is 5.26 Å². The molecular formula is C18H12BrFN4S. The van der Waals surface area contributed by atoms with Crippen molar-refractivity contribution >= 4 is 39.2 Å². The lowest BCUT2D eigenvalue weighted by atomic mass is 10.1. The van der Waals surface area contributed by atoms with Crippen molar-refractivity contribution in [3.8, 4) is 17.3 Å². The van der Waals surface area contributed by atoms with Crippen molar-refractivity contribution in [3.05, 3.63) is 64.4 Å². The molecule has 7 heteroatoms. The number of nitriles is 1. The molecule has 124 valence electrons. The predicted molar refractivity (Wildman–Crippen MR) is 101 cm³/mol. The van der Waals surface area contributed by atoms with Crippen molar-refractivity contribution in [2.24, 2.45) is 0 Å². The van der Waals surface area contributed by atoms with Gasteiger partial charge in [0.05, 0.1) is 5.69 Å². The van der Waals surface area contributed by atoms with Crippen LogP contribution in [-0.2, 0) is 0 Å². The van der Waals surface area contributed by atoms with E-state index in [1.165, 1.54) is 23.9 Å². The number of hydrogen-bond donors (Lipinski definition) is 1. The highest BCUT2D eigenvalue weighted by Crippen LogP contribution is 2.30. The number of anilines is 2. The standard InChI is InChI=1S/C18H12BrFN4S/c1-25-18-23-16(11-2-6-13(20)7-3-11)15(10-21)17(24-18)22-14-8-4-12(19)5-9-14/h2-9H,1H3,(H,22,23,24). The summed E-state index contributed by atoms with van der Waals surface area (Å²) in [6, 6.07) is 15.6. The molecule has 1 heterocycles. The molecule has 2 aromatic carbocycles. The molecule has 1 N–H and O–H groups in total. The Morgan fingerprint density at radius 3 is 2.36 bits per heavy atom. The molecule has 0 saturated carbocycles. The van der Waals surface area contributed by atoms with E-state index >= 15 is 0 Å². The van der Waals surface area contributed by atoms with Gasteiger partial charge in [-0.15, -0.1) is 0 Å². The molecule has 0 atom stereocenters. The van der Waals surface area contributed by atoms with Crippen LogP contribution in [0.2, 0.25) is 0 Å². The summed E-state index contributed by atoms with van der Waals surface area (Å²) in [5.74, 6) is 0.0816. The van der Waals surface area contributed by atoms with Gasteiger partial charge in [-0.05, 0) is 54.8 Å². The second kappa shape index (κ2) is 7.64. The largest absolute Gasteiger partial charge is 0.339 e. The number of benzene rings is 2. The van der Waals surface area contributed by atoms with E-state index < -0.39 is 0 Å². The lowest BCUT2D eigenvalue weighted by Crippen LogP contribution is -2.03. The Morgan fingerprint density at radius 2 is 1.76 bits per heavy atom. The number of thioether (sulfide) groups is 1. The van der Waals surface area contributed by atoms with Crippen LogP contribution in [0.1, 0.15) is 5.56 Å². The molecule has 0 radical (unpaired) electrons. The summed E-state index contributed by atoms with van der Waals surface area (Å²) in [5, 5.41) is 13.3. The summed E-state index contributed by atoms with van der Waals surface area (Å²) in [7, 11) is 0. The van der Waals surface area contributed by atoms with Crippen LogP contribution in [0.15, 0.2) is 58.2 Å². The molecule has 0 aliphatic rings. The van der Waals surface area contributed by atoms with Gasteiger partial charge < -0.3 is 5.32 Å². The third-order valence-corrected chi connectivity index (χ3v) is 4.48. The topological polar surface area (TPSA) is 61.6 Å². The fourth-order valence-electron chi connectivity index (χ4n) is 2.21. The fraction of sp³-hybridized carbons (Fsp3) is 0.0556. The van der Waals surface area contributed by atoms with Crippen LogP contribution in [0.5, 0.6) is 0 Å². The van der Waals surface area contributed by atoms with E-state index in [0.717, 1.165) is 10.2 Å². The summed E-state index contributed by atoms with van der Waals surface area (Å²) < 4.78 is 14.2. The van der Waals surface area contributed by atoms with Gasteiger partial charge in [-0.25, -0.2) is 14.4 Å². The number of nitrogens with zero attached hydrogens (tertiary/aromatic N) is 3. The Bertz CT molecular complexity index is 937. The molecular weight excluding hydrogens is 403 g/mol. The third kappa shape index (κ3) is 3.98. The number of hydrogen-bond acceptors (Lipinski definition) is 5. The number of aromatic nitrogens is 2. The van der Waals surface area contributed by atoms with Crippen LogP contribution in [0.3, 0.4) is 0 Å². The number of rotatable bonds is 4. The summed E-state index contributed by atoms with van der Waals surface area (Å²) >= 11 is 4.76. The Labute approximate surface area is 157 Å². The third-order valence-electron chi connectivity index (χ3n) is 3.41. The molecule has 0 bridgehead atoms. The van der Waals surface area contributed by atoms with E-state index in [4.69, 9.17) is 0 Å². The minimum atomic E-state index is -0.338. The smallest absolute Gasteiger partial charge is 0.189 e. The predicted octanol–water partition coefficient (Wildman–Crippen LogP) is 5.38. The van der Waals surface area contributed by atoms with Crippen LogP contribution in [0, 0.1) is 17.1 Å². The van der Waals surface area contributed by atoms with Gasteiger partial charge in [0.15, 0.2) is 11.0 Å². The minimum Gasteiger partial charge on any atom is -0.339 e. The lowest BCUT2D eigenvalue weighted by molar-refractivity contribution is 0.628. The van der Waals surface area contributed by atoms with Crippen molar-refractivity contribution < 1.29 is 4.39 Å². The van der Waals surface area contributed by atoms with Gasteiger partial charge in [0, 0.05) is 15.7 Å². The minimum absolute atomic E-state index is 0.312. The van der Waals surface area contributed by atoms with Crippen LogP contribution in [-0.4, -0.2) is 16.2 Å². The molecule has 0 aliphatic carbocycles. The van der Waals surface area contributed by atoms with Crippen molar-refractivity contribution in [2.75, 3.05) is 11.6 Å². The van der Waals surface area contributed by atoms with Crippen molar-refractivity contribution in [3.63, 3.8) is 0 Å². The van der Waals surface area contributed by atoms with Gasteiger partial charge in [-0.1, -0.05) is 27.7 Å². The van der Waals surface area contributed by atoms with Crippen LogP contribution in [0.25, 0.3) is 11.3 Å². The zero-order valence-electron chi connectivity index (χ0n) is 13.1. The van der Waals surface area contributed by atoms with Gasteiger partial charge in [0.1, 0.15) is 17.4 Å². The van der Waals surface area contributed by atoms with Crippen molar-refractivity contribution in [2.45, 2.75) is 5.16 Å². The Balaban J connectivity index is 2.11. The highest BCUT2D eigenvalue weighted by Gasteiger charge is 2.16. The maximum Gasteiger partial charge on any atom is 0.189 e. The number of nitrogens with one attached hydrogen (secondary N) is 1. The molecule has 0 aliphatic heterocycles. The number of halogens is 2. The van der Waals surface area contributed by atoms with Crippen molar-refractivity contribution in [1.82, 2.24) is 9.97 Å². The maximum absolute atomic E-state index is 13.2. The van der Waals surface area contributed by atoms with Crippen LogP contribution in [0.4, 0.5) is 15.9 Å². The molecule has 3 rings (SSSR count). The molecule has 25 heavy (non-hydrogen) atoms. The van der Waals surface area contributed by atoms with E-state index in [2.05, 4.69) is 37.3 Å². The normalized spacial score (nSPS) is 10.3. The molecule has 0 fully saturated rings. The molecule has 0 unspecified atom stereocenters. The first-order valence-corrected chi connectivity index (χ1v) is 9.27. The Hall–Kier alpha value is -2.43. The van der Waals surface area contributed by atoms with Crippen LogP contribution >= 0.6 is 27.7 Å². The van der Waals surface area contributed by atoms with Gasteiger partial charge in [0.25, 0.3) is 0 Å². The summed E-state index contributed by atoms with van der Waals surface area (Å²) in [6.45, 7) is 0. The first kappa shape index (κ1) is 17.4. The molecule has 1 aromatic heterocycles. The van der Waals surface area contributed by atoms with E-state index in [1.807, 2.05) is 30.5 Å². The highest BCUT2D eigenvalue weighted by molar-refractivity contribution is 9.10. The maximum atomic E-state index is 13.2. The van der Waals surface area contributed by atoms with Crippen LogP contribution < -0.4 is 5.32 Å². The highest BCUT2D eigenvalue weighted by atomic mass is 79.9. The van der Waals surface area contributed by atoms with E-state index in [1.54, 1.807) is 12.1 Å². The monoisotopic (exact) mass is 414 g/mol. The summed E-state index contributed by atoms with van der Waals surface area (Å²) in [5.41, 5.74) is 2.25. The fourth-order valence-corrected chi connectivity index (χ4v) is 2.84. The second-order valence-electron chi connectivity index (χ2n) is 5.03. The summed E-state index contributed by atoms with van der Waals surface area (Å²) in [6.07, 6.45) is 1.86. The van der Waals surface area contributed by atoms with Gasteiger partial charge in [-0.2, -0.15) is 5.26 Å². The molecule has 4 nitrogen and oxygen atoms in total. The zero-order chi connectivity index (χ0) is 17.8. The lowest BCUT2D eigenvalue weighted by Gasteiger charge is -2.12. The second-order valence-corrected chi connectivity index (χ2v) is 6.72. The Kier molecular flexibility index (Phi) is 5.31. The zero-order valence-corrected chi connectivity index (χ0v) is 15.5. The van der Waals surface area contributed by atoms with E-state index in [9.17, 15) is 9.65 Å². The quantitative estimate of drug-likeness (QED) is 0.458. The average molecular weight is 415 g/mol. The van der Waals surface area contributed by atoms with Gasteiger partial charge in [-0.3, -0.25) is 0 Å². The average Bonchev–Trinajstić information content (AvgIpc) is 2.63. The first-order chi connectivity index (χ1) is 12.1. The molecule has 0 saturated heterocycles. The Morgan fingerprint density at radius 1 is 1.08 bits per heavy atom. The van der Waals surface area contributed by atoms with Gasteiger partial charge in [0.2, 0.25) is 0 Å². The SMILES string of the molecule is CSc1nc(Nc2ccc(Br)cc2)c(C#N)c(-c2ccc(F)cc2)n1. The molecule has 0 amide bonds. The molecule has 0 spiro atoms. The summed E-state index contributed by atoms with van der Waals surface area (Å²) in [4.78, 5) is 8.85. The molecule has 3 aromatic rings.